The van der Waals surface area contributed by atoms with Crippen molar-refractivity contribution in [2.45, 2.75) is 59.0 Å². The second-order valence-corrected chi connectivity index (χ2v) is 6.34. The Morgan fingerprint density at radius 1 is 1.20 bits per heavy atom. The standard InChI is InChI=1S/C15H27NO4/c1-5-10-19-13(17)11-12-6-8-16(9-7-12)14(18)20-15(2,3)4/h12H,5-11H2,1-4H3. The lowest BCUT2D eigenvalue weighted by molar-refractivity contribution is -0.145. The van der Waals surface area contributed by atoms with E-state index in [1.165, 1.54) is 0 Å². The van der Waals surface area contributed by atoms with Crippen molar-refractivity contribution < 1.29 is 19.1 Å². The van der Waals surface area contributed by atoms with Crippen molar-refractivity contribution >= 4 is 12.1 Å². The Balaban J connectivity index is 2.29. The minimum atomic E-state index is -0.460. The lowest BCUT2D eigenvalue weighted by atomic mass is 9.94. The van der Waals surface area contributed by atoms with Crippen LogP contribution < -0.4 is 0 Å². The van der Waals surface area contributed by atoms with Crippen LogP contribution in [0.25, 0.3) is 0 Å². The van der Waals surface area contributed by atoms with Gasteiger partial charge < -0.3 is 14.4 Å². The number of hydrogen-bond acceptors (Lipinski definition) is 4. The lowest BCUT2D eigenvalue weighted by Crippen LogP contribution is -2.42. The first-order chi connectivity index (χ1) is 9.31. The van der Waals surface area contributed by atoms with Gasteiger partial charge in [0, 0.05) is 19.5 Å². The quantitative estimate of drug-likeness (QED) is 0.745. The molecular weight excluding hydrogens is 258 g/mol. The highest BCUT2D eigenvalue weighted by molar-refractivity contribution is 5.70. The average Bonchev–Trinajstić information content (AvgIpc) is 2.35. The van der Waals surface area contributed by atoms with Crippen LogP contribution in [-0.2, 0) is 14.3 Å². The molecule has 1 amide bonds. The number of carbonyl (C=O) groups is 2. The van der Waals surface area contributed by atoms with E-state index in [1.807, 2.05) is 27.7 Å². The van der Waals surface area contributed by atoms with Gasteiger partial charge in [-0.3, -0.25) is 4.79 Å². The van der Waals surface area contributed by atoms with Crippen molar-refractivity contribution in [1.29, 1.82) is 0 Å². The van der Waals surface area contributed by atoms with E-state index < -0.39 is 5.60 Å². The van der Waals surface area contributed by atoms with Gasteiger partial charge in [0.25, 0.3) is 0 Å². The zero-order valence-corrected chi connectivity index (χ0v) is 13.1. The number of ether oxygens (including phenoxy) is 2. The third kappa shape index (κ3) is 6.26. The predicted octanol–water partition coefficient (Wildman–Crippen LogP) is 2.98. The van der Waals surface area contributed by atoms with Gasteiger partial charge in [-0.1, -0.05) is 6.92 Å². The Morgan fingerprint density at radius 2 is 1.80 bits per heavy atom. The van der Waals surface area contributed by atoms with Crippen molar-refractivity contribution in [1.82, 2.24) is 4.90 Å². The van der Waals surface area contributed by atoms with Crippen LogP contribution in [0, 0.1) is 5.92 Å². The summed E-state index contributed by atoms with van der Waals surface area (Å²) >= 11 is 0. The zero-order valence-electron chi connectivity index (χ0n) is 13.1. The number of amides is 1. The maximum atomic E-state index is 11.9. The molecule has 0 aliphatic carbocycles. The molecule has 0 unspecified atom stereocenters. The third-order valence-corrected chi connectivity index (χ3v) is 3.19. The lowest BCUT2D eigenvalue weighted by Gasteiger charge is -2.33. The maximum absolute atomic E-state index is 11.9. The Morgan fingerprint density at radius 3 is 2.30 bits per heavy atom. The topological polar surface area (TPSA) is 55.8 Å². The SMILES string of the molecule is CCCOC(=O)CC1CCN(C(=O)OC(C)(C)C)CC1. The number of esters is 1. The van der Waals surface area contributed by atoms with Gasteiger partial charge in [0.1, 0.15) is 5.60 Å². The van der Waals surface area contributed by atoms with E-state index in [9.17, 15) is 9.59 Å². The van der Waals surface area contributed by atoms with Crippen molar-refractivity contribution in [3.8, 4) is 0 Å². The third-order valence-electron chi connectivity index (χ3n) is 3.19. The van der Waals surface area contributed by atoms with E-state index in [-0.39, 0.29) is 12.1 Å². The van der Waals surface area contributed by atoms with Crippen LogP contribution >= 0.6 is 0 Å². The minimum Gasteiger partial charge on any atom is -0.466 e. The molecule has 5 heteroatoms. The summed E-state index contributed by atoms with van der Waals surface area (Å²) < 4.78 is 10.4. The molecule has 0 N–H and O–H groups in total. The molecule has 1 rings (SSSR count). The van der Waals surface area contributed by atoms with Crippen molar-refractivity contribution in [2.75, 3.05) is 19.7 Å². The summed E-state index contributed by atoms with van der Waals surface area (Å²) in [4.78, 5) is 25.2. The van der Waals surface area contributed by atoms with Gasteiger partial charge in [-0.15, -0.1) is 0 Å². The molecule has 0 spiro atoms. The Labute approximate surface area is 121 Å². The molecule has 116 valence electrons. The van der Waals surface area contributed by atoms with Crippen LogP contribution in [0.3, 0.4) is 0 Å². The molecule has 1 aliphatic heterocycles. The number of carbonyl (C=O) groups excluding carboxylic acids is 2. The molecule has 20 heavy (non-hydrogen) atoms. The average molecular weight is 285 g/mol. The Hall–Kier alpha value is -1.26. The minimum absolute atomic E-state index is 0.123. The summed E-state index contributed by atoms with van der Waals surface area (Å²) in [6, 6.07) is 0. The normalized spacial score (nSPS) is 16.9. The molecular formula is C15H27NO4. The van der Waals surface area contributed by atoms with Crippen LogP contribution in [0.15, 0.2) is 0 Å². The smallest absolute Gasteiger partial charge is 0.410 e. The van der Waals surface area contributed by atoms with E-state index >= 15 is 0 Å². The highest BCUT2D eigenvalue weighted by Gasteiger charge is 2.27. The van der Waals surface area contributed by atoms with Gasteiger partial charge in [0.2, 0.25) is 0 Å². The molecule has 0 saturated carbocycles. The number of likely N-dealkylation sites (tertiary alicyclic amines) is 1. The monoisotopic (exact) mass is 285 g/mol. The summed E-state index contributed by atoms with van der Waals surface area (Å²) in [5, 5.41) is 0. The summed E-state index contributed by atoms with van der Waals surface area (Å²) in [5.74, 6) is 0.195. The molecule has 1 fully saturated rings. The van der Waals surface area contributed by atoms with Crippen molar-refractivity contribution in [2.24, 2.45) is 5.92 Å². The molecule has 0 radical (unpaired) electrons. The van der Waals surface area contributed by atoms with E-state index in [2.05, 4.69) is 0 Å². The van der Waals surface area contributed by atoms with Gasteiger partial charge >= 0.3 is 12.1 Å². The largest absolute Gasteiger partial charge is 0.466 e. The molecule has 0 aromatic carbocycles. The van der Waals surface area contributed by atoms with E-state index in [0.717, 1.165) is 19.3 Å². The second kappa shape index (κ2) is 7.50. The molecule has 5 nitrogen and oxygen atoms in total. The summed E-state index contributed by atoms with van der Waals surface area (Å²) in [6.07, 6.45) is 2.72. The fourth-order valence-corrected chi connectivity index (χ4v) is 2.16. The molecule has 0 aromatic rings. The van der Waals surface area contributed by atoms with E-state index in [4.69, 9.17) is 9.47 Å². The van der Waals surface area contributed by atoms with Gasteiger partial charge in [0.05, 0.1) is 6.61 Å². The molecule has 1 heterocycles. The fourth-order valence-electron chi connectivity index (χ4n) is 2.16. The maximum Gasteiger partial charge on any atom is 0.410 e. The number of nitrogens with zero attached hydrogens (tertiary/aromatic N) is 1. The van der Waals surface area contributed by atoms with Crippen LogP contribution in [0.1, 0.15) is 53.4 Å². The van der Waals surface area contributed by atoms with Gasteiger partial charge in [-0.25, -0.2) is 4.79 Å². The highest BCUT2D eigenvalue weighted by Crippen LogP contribution is 2.22. The number of hydrogen-bond donors (Lipinski definition) is 0. The first-order valence-corrected chi connectivity index (χ1v) is 7.45. The molecule has 1 saturated heterocycles. The fraction of sp³-hybridized carbons (Fsp3) is 0.867. The Bertz CT molecular complexity index is 327. The summed E-state index contributed by atoms with van der Waals surface area (Å²) in [5.41, 5.74) is -0.460. The summed E-state index contributed by atoms with van der Waals surface area (Å²) in [7, 11) is 0. The highest BCUT2D eigenvalue weighted by atomic mass is 16.6. The Kier molecular flexibility index (Phi) is 6.30. The van der Waals surface area contributed by atoms with Crippen molar-refractivity contribution in [3.63, 3.8) is 0 Å². The summed E-state index contributed by atoms with van der Waals surface area (Å²) in [6.45, 7) is 9.37. The molecule has 1 aliphatic rings. The number of piperidine rings is 1. The number of rotatable bonds is 4. The predicted molar refractivity (Wildman–Crippen MR) is 76.4 cm³/mol. The second-order valence-electron chi connectivity index (χ2n) is 6.34. The van der Waals surface area contributed by atoms with Crippen LogP contribution in [0.4, 0.5) is 4.79 Å². The van der Waals surface area contributed by atoms with Crippen LogP contribution in [-0.4, -0.2) is 42.3 Å². The van der Waals surface area contributed by atoms with Crippen LogP contribution in [0.5, 0.6) is 0 Å². The first kappa shape index (κ1) is 16.8. The van der Waals surface area contributed by atoms with Gasteiger partial charge in [0.15, 0.2) is 0 Å². The van der Waals surface area contributed by atoms with Gasteiger partial charge in [-0.05, 0) is 46.0 Å². The van der Waals surface area contributed by atoms with Gasteiger partial charge in [-0.2, -0.15) is 0 Å². The van der Waals surface area contributed by atoms with E-state index in [0.29, 0.717) is 32.0 Å². The van der Waals surface area contributed by atoms with Crippen molar-refractivity contribution in [3.05, 3.63) is 0 Å². The molecule has 0 bridgehead atoms. The molecule has 0 atom stereocenters. The molecule has 0 aromatic heterocycles. The first-order valence-electron chi connectivity index (χ1n) is 7.45. The van der Waals surface area contributed by atoms with Crippen LogP contribution in [0.2, 0.25) is 0 Å². The zero-order chi connectivity index (χ0) is 15.2. The van der Waals surface area contributed by atoms with E-state index in [1.54, 1.807) is 4.90 Å².